The number of amides is 1. The number of hydrogen-bond donors (Lipinski definition) is 4. The van der Waals surface area contributed by atoms with Gasteiger partial charge in [0, 0.05) is 12.2 Å². The van der Waals surface area contributed by atoms with Gasteiger partial charge >= 0.3 is 0 Å². The van der Waals surface area contributed by atoms with Crippen molar-refractivity contribution in [2.75, 3.05) is 28.7 Å². The van der Waals surface area contributed by atoms with E-state index in [1.54, 1.807) is 12.1 Å². The minimum atomic E-state index is -3.43. The Labute approximate surface area is 111 Å². The van der Waals surface area contributed by atoms with Crippen LogP contribution in [-0.4, -0.2) is 26.6 Å². The molecule has 0 saturated heterocycles. The molecule has 0 radical (unpaired) electrons. The fourth-order valence-corrected chi connectivity index (χ4v) is 2.49. The van der Waals surface area contributed by atoms with Crippen molar-refractivity contribution in [1.82, 2.24) is 0 Å². The summed E-state index contributed by atoms with van der Waals surface area (Å²) < 4.78 is 21.6. The van der Waals surface area contributed by atoms with E-state index in [-0.39, 0.29) is 11.7 Å². The molecule has 104 valence electrons. The van der Waals surface area contributed by atoms with Crippen LogP contribution in [0.2, 0.25) is 0 Å². The zero-order valence-corrected chi connectivity index (χ0v) is 11.1. The fraction of sp³-hybridized carbons (Fsp3) is 0.364. The van der Waals surface area contributed by atoms with Crippen molar-refractivity contribution in [2.45, 2.75) is 12.8 Å². The van der Waals surface area contributed by atoms with Crippen molar-refractivity contribution in [1.29, 1.82) is 0 Å². The number of anilines is 3. The molecule has 6 N–H and O–H groups in total. The molecule has 1 aliphatic rings. The Kier molecular flexibility index (Phi) is 3.63. The van der Waals surface area contributed by atoms with Crippen molar-refractivity contribution < 1.29 is 13.2 Å². The normalized spacial score (nSPS) is 14.1. The van der Waals surface area contributed by atoms with Crippen LogP contribution in [0.1, 0.15) is 12.0 Å². The molecule has 0 aromatic heterocycles. The SMILES string of the molecule is Nc1cc2c(cc1NCCCS(N)(=O)=O)NC(=O)C2. The summed E-state index contributed by atoms with van der Waals surface area (Å²) >= 11 is 0. The maximum absolute atomic E-state index is 11.2. The van der Waals surface area contributed by atoms with Crippen molar-refractivity contribution in [2.24, 2.45) is 5.14 Å². The molecule has 7 nitrogen and oxygen atoms in total. The lowest BCUT2D eigenvalue weighted by Gasteiger charge is -2.11. The van der Waals surface area contributed by atoms with Crippen LogP contribution in [0.3, 0.4) is 0 Å². The molecule has 0 fully saturated rings. The number of hydrogen-bond acceptors (Lipinski definition) is 5. The standard InChI is InChI=1S/C11H16N4O3S/c12-8-4-7-5-11(16)15-9(7)6-10(8)14-2-1-3-19(13,17)18/h4,6,14H,1-3,5,12H2,(H,15,16)(H2,13,17,18). The predicted molar refractivity (Wildman–Crippen MR) is 74.3 cm³/mol. The summed E-state index contributed by atoms with van der Waals surface area (Å²) in [5.74, 6) is -0.137. The van der Waals surface area contributed by atoms with E-state index >= 15 is 0 Å². The lowest BCUT2D eigenvalue weighted by atomic mass is 10.1. The second-order valence-corrected chi connectivity index (χ2v) is 6.20. The highest BCUT2D eigenvalue weighted by molar-refractivity contribution is 7.89. The molecule has 0 unspecified atom stereocenters. The number of nitrogens with one attached hydrogen (secondary N) is 2. The van der Waals surface area contributed by atoms with E-state index in [1.165, 1.54) is 0 Å². The number of sulfonamides is 1. The lowest BCUT2D eigenvalue weighted by Crippen LogP contribution is -2.18. The lowest BCUT2D eigenvalue weighted by molar-refractivity contribution is -0.115. The van der Waals surface area contributed by atoms with E-state index in [0.29, 0.717) is 30.8 Å². The van der Waals surface area contributed by atoms with Gasteiger partial charge in [-0.1, -0.05) is 0 Å². The Morgan fingerprint density at radius 1 is 1.37 bits per heavy atom. The van der Waals surface area contributed by atoms with Gasteiger partial charge in [0.05, 0.1) is 23.5 Å². The van der Waals surface area contributed by atoms with E-state index in [1.807, 2.05) is 0 Å². The molecule has 1 aromatic carbocycles. The van der Waals surface area contributed by atoms with Gasteiger partial charge in [-0.25, -0.2) is 13.6 Å². The molecule has 2 rings (SSSR count). The number of carbonyl (C=O) groups excluding carboxylic acids is 1. The molecule has 1 aliphatic heterocycles. The van der Waals surface area contributed by atoms with Crippen LogP contribution in [-0.2, 0) is 21.2 Å². The van der Waals surface area contributed by atoms with Crippen LogP contribution in [0.5, 0.6) is 0 Å². The zero-order chi connectivity index (χ0) is 14.0. The third kappa shape index (κ3) is 3.58. The molecule has 8 heteroatoms. The average Bonchev–Trinajstić information content (AvgIpc) is 2.62. The van der Waals surface area contributed by atoms with Crippen LogP contribution >= 0.6 is 0 Å². The van der Waals surface area contributed by atoms with Crippen LogP contribution < -0.4 is 21.5 Å². The molecule has 0 bridgehead atoms. The van der Waals surface area contributed by atoms with Crippen molar-refractivity contribution >= 4 is 33.0 Å². The molecule has 1 aromatic rings. The number of nitrogen functional groups attached to an aromatic ring is 1. The topological polar surface area (TPSA) is 127 Å². The first kappa shape index (κ1) is 13.6. The van der Waals surface area contributed by atoms with Gasteiger partial charge in [0.2, 0.25) is 15.9 Å². The van der Waals surface area contributed by atoms with Gasteiger partial charge < -0.3 is 16.4 Å². The maximum Gasteiger partial charge on any atom is 0.228 e. The van der Waals surface area contributed by atoms with Gasteiger partial charge in [0.1, 0.15) is 0 Å². The third-order valence-electron chi connectivity index (χ3n) is 2.82. The second kappa shape index (κ2) is 5.06. The quantitative estimate of drug-likeness (QED) is 0.442. The smallest absolute Gasteiger partial charge is 0.228 e. The van der Waals surface area contributed by atoms with Crippen molar-refractivity contribution in [3.8, 4) is 0 Å². The fourth-order valence-electron chi connectivity index (χ4n) is 1.94. The summed E-state index contributed by atoms with van der Waals surface area (Å²) in [5.41, 5.74) is 8.69. The summed E-state index contributed by atoms with van der Waals surface area (Å²) in [5, 5.41) is 10.7. The number of carbonyl (C=O) groups is 1. The maximum atomic E-state index is 11.2. The Morgan fingerprint density at radius 3 is 2.79 bits per heavy atom. The van der Waals surface area contributed by atoms with E-state index in [4.69, 9.17) is 10.9 Å². The predicted octanol–water partition coefficient (Wildman–Crippen LogP) is -0.146. The van der Waals surface area contributed by atoms with E-state index in [2.05, 4.69) is 10.6 Å². The first-order valence-corrected chi connectivity index (χ1v) is 7.53. The van der Waals surface area contributed by atoms with Crippen LogP contribution in [0.25, 0.3) is 0 Å². The minimum absolute atomic E-state index is 0.0548. The average molecular weight is 284 g/mol. The van der Waals surface area contributed by atoms with Crippen LogP contribution in [0.4, 0.5) is 17.1 Å². The van der Waals surface area contributed by atoms with Crippen molar-refractivity contribution in [3.63, 3.8) is 0 Å². The highest BCUT2D eigenvalue weighted by Crippen LogP contribution is 2.31. The molecule has 1 amide bonds. The Balaban J connectivity index is 1.98. The van der Waals surface area contributed by atoms with E-state index in [0.717, 1.165) is 11.3 Å². The van der Waals surface area contributed by atoms with Gasteiger partial charge in [-0.3, -0.25) is 4.79 Å². The minimum Gasteiger partial charge on any atom is -0.397 e. The van der Waals surface area contributed by atoms with Crippen molar-refractivity contribution in [3.05, 3.63) is 17.7 Å². The van der Waals surface area contributed by atoms with Gasteiger partial charge in [0.25, 0.3) is 0 Å². The Bertz CT molecular complexity index is 613. The van der Waals surface area contributed by atoms with Crippen LogP contribution in [0.15, 0.2) is 12.1 Å². The molecule has 0 aliphatic carbocycles. The first-order chi connectivity index (χ1) is 8.85. The van der Waals surface area contributed by atoms with Gasteiger partial charge in [-0.2, -0.15) is 0 Å². The van der Waals surface area contributed by atoms with Crippen LogP contribution in [0, 0.1) is 0 Å². The summed E-state index contributed by atoms with van der Waals surface area (Å²) in [4.78, 5) is 11.2. The zero-order valence-electron chi connectivity index (χ0n) is 10.3. The summed E-state index contributed by atoms with van der Waals surface area (Å²) in [7, 11) is -3.43. The highest BCUT2D eigenvalue weighted by Gasteiger charge is 2.19. The van der Waals surface area contributed by atoms with Gasteiger partial charge in [-0.05, 0) is 24.1 Å². The molecule has 1 heterocycles. The Hall–Kier alpha value is -1.80. The highest BCUT2D eigenvalue weighted by atomic mass is 32.2. The number of nitrogens with two attached hydrogens (primary N) is 2. The summed E-state index contributed by atoms with van der Waals surface area (Å²) in [6, 6.07) is 3.50. The number of rotatable bonds is 5. The molecule has 0 spiro atoms. The molecule has 0 atom stereocenters. The number of primary sulfonamides is 1. The molecule has 0 saturated carbocycles. The first-order valence-electron chi connectivity index (χ1n) is 5.82. The van der Waals surface area contributed by atoms with E-state index < -0.39 is 10.0 Å². The summed E-state index contributed by atoms with van der Waals surface area (Å²) in [6.07, 6.45) is 0.729. The number of benzene rings is 1. The second-order valence-electron chi connectivity index (χ2n) is 4.47. The Morgan fingerprint density at radius 2 is 2.11 bits per heavy atom. The largest absolute Gasteiger partial charge is 0.397 e. The van der Waals surface area contributed by atoms with E-state index in [9.17, 15) is 13.2 Å². The molecule has 19 heavy (non-hydrogen) atoms. The molecular formula is C11H16N4O3S. The molecular weight excluding hydrogens is 268 g/mol. The van der Waals surface area contributed by atoms with Gasteiger partial charge in [-0.15, -0.1) is 0 Å². The monoisotopic (exact) mass is 284 g/mol. The third-order valence-corrected chi connectivity index (χ3v) is 3.68. The number of fused-ring (bicyclic) bond motifs is 1. The van der Waals surface area contributed by atoms with Gasteiger partial charge in [0.15, 0.2) is 0 Å². The summed E-state index contributed by atoms with van der Waals surface area (Å²) in [6.45, 7) is 0.438.